The number of primary amides is 1. The molecule has 0 saturated heterocycles. The molecule has 0 spiro atoms. The van der Waals surface area contributed by atoms with Crippen molar-refractivity contribution in [3.63, 3.8) is 0 Å². The summed E-state index contributed by atoms with van der Waals surface area (Å²) in [6, 6.07) is 0. The van der Waals surface area contributed by atoms with Crippen molar-refractivity contribution < 1.29 is 4.79 Å². The Bertz CT molecular complexity index is 874. The molecule has 0 saturated carbocycles. The standard InChI is InChI=1S/C12H12ClN5O2S/c1-5-8(11(20)17-16-5)6(4-7(14)19)9-10(13)15-12-18(9)2-3-21-12/h2-3,6H,4H2,1H3,(H2,14,19)(H2,16,17,20). The lowest BCUT2D eigenvalue weighted by atomic mass is 9.92. The van der Waals surface area contributed by atoms with Crippen LogP contribution in [0.15, 0.2) is 16.4 Å². The fraction of sp³-hybridized carbons (Fsp3) is 0.250. The third-order valence-electron chi connectivity index (χ3n) is 3.35. The summed E-state index contributed by atoms with van der Waals surface area (Å²) in [6.07, 6.45) is 1.78. The van der Waals surface area contributed by atoms with Gasteiger partial charge in [0.2, 0.25) is 5.91 Å². The van der Waals surface area contributed by atoms with Crippen molar-refractivity contribution in [3.05, 3.63) is 44.0 Å². The van der Waals surface area contributed by atoms with E-state index < -0.39 is 11.8 Å². The molecule has 0 bridgehead atoms. The normalized spacial score (nSPS) is 12.9. The average Bonchev–Trinajstić information content (AvgIpc) is 3.03. The molecule has 0 aliphatic heterocycles. The van der Waals surface area contributed by atoms with Crippen LogP contribution in [0.1, 0.15) is 29.3 Å². The number of halogens is 1. The fourth-order valence-corrected chi connectivity index (χ4v) is 3.57. The van der Waals surface area contributed by atoms with Crippen LogP contribution in [0.3, 0.4) is 0 Å². The van der Waals surface area contributed by atoms with Gasteiger partial charge < -0.3 is 10.8 Å². The van der Waals surface area contributed by atoms with Crippen molar-refractivity contribution in [1.29, 1.82) is 0 Å². The molecule has 21 heavy (non-hydrogen) atoms. The number of carbonyl (C=O) groups is 1. The Morgan fingerprint density at radius 3 is 2.95 bits per heavy atom. The van der Waals surface area contributed by atoms with Crippen LogP contribution in [-0.2, 0) is 4.79 Å². The molecular formula is C12H12ClN5O2S. The van der Waals surface area contributed by atoms with Crippen molar-refractivity contribution >= 4 is 33.8 Å². The fourth-order valence-electron chi connectivity index (χ4n) is 2.50. The summed E-state index contributed by atoms with van der Waals surface area (Å²) >= 11 is 7.63. The maximum atomic E-state index is 12.0. The molecule has 0 aliphatic rings. The Kier molecular flexibility index (Phi) is 3.34. The molecule has 3 rings (SSSR count). The molecule has 9 heteroatoms. The predicted molar refractivity (Wildman–Crippen MR) is 79.9 cm³/mol. The Balaban J connectivity index is 2.25. The van der Waals surface area contributed by atoms with E-state index >= 15 is 0 Å². The quantitative estimate of drug-likeness (QED) is 0.674. The van der Waals surface area contributed by atoms with Gasteiger partial charge in [0.05, 0.1) is 5.69 Å². The first-order chi connectivity index (χ1) is 9.99. The van der Waals surface area contributed by atoms with E-state index in [2.05, 4.69) is 15.2 Å². The lowest BCUT2D eigenvalue weighted by molar-refractivity contribution is -0.118. The van der Waals surface area contributed by atoms with Gasteiger partial charge in [0, 0.05) is 35.2 Å². The third kappa shape index (κ3) is 2.26. The highest BCUT2D eigenvalue weighted by Gasteiger charge is 2.29. The summed E-state index contributed by atoms with van der Waals surface area (Å²) in [5.74, 6) is -1.06. The largest absolute Gasteiger partial charge is 0.370 e. The SMILES string of the molecule is Cc1[nH][nH]c(=O)c1C(CC(N)=O)c1c(Cl)nc2sccn12. The van der Waals surface area contributed by atoms with Gasteiger partial charge in [-0.1, -0.05) is 11.6 Å². The minimum Gasteiger partial charge on any atom is -0.370 e. The number of nitrogens with zero attached hydrogens (tertiary/aromatic N) is 2. The zero-order valence-corrected chi connectivity index (χ0v) is 12.6. The number of nitrogens with one attached hydrogen (secondary N) is 2. The number of imidazole rings is 1. The van der Waals surface area contributed by atoms with E-state index in [1.807, 2.05) is 5.38 Å². The second-order valence-corrected chi connectivity index (χ2v) is 5.92. The van der Waals surface area contributed by atoms with E-state index in [-0.39, 0.29) is 17.1 Å². The van der Waals surface area contributed by atoms with Crippen LogP contribution in [-0.4, -0.2) is 25.5 Å². The molecule has 7 nitrogen and oxygen atoms in total. The van der Waals surface area contributed by atoms with E-state index in [1.54, 1.807) is 17.5 Å². The van der Waals surface area contributed by atoms with Gasteiger partial charge in [-0.2, -0.15) is 0 Å². The smallest absolute Gasteiger partial charge is 0.268 e. The van der Waals surface area contributed by atoms with Gasteiger partial charge in [0.15, 0.2) is 10.1 Å². The third-order valence-corrected chi connectivity index (χ3v) is 4.38. The number of H-pyrrole nitrogens is 2. The van der Waals surface area contributed by atoms with Gasteiger partial charge in [0.25, 0.3) is 5.56 Å². The van der Waals surface area contributed by atoms with Crippen molar-refractivity contribution in [3.8, 4) is 0 Å². The first-order valence-corrected chi connectivity index (χ1v) is 7.41. The summed E-state index contributed by atoms with van der Waals surface area (Å²) < 4.78 is 1.78. The number of amides is 1. The van der Waals surface area contributed by atoms with E-state index in [0.29, 0.717) is 21.9 Å². The molecule has 1 atom stereocenters. The second-order valence-electron chi connectivity index (χ2n) is 4.68. The zero-order chi connectivity index (χ0) is 15.1. The first-order valence-electron chi connectivity index (χ1n) is 6.15. The Morgan fingerprint density at radius 2 is 2.33 bits per heavy atom. The number of rotatable bonds is 4. The summed E-state index contributed by atoms with van der Waals surface area (Å²) in [7, 11) is 0. The van der Waals surface area contributed by atoms with Crippen molar-refractivity contribution in [2.45, 2.75) is 19.3 Å². The molecule has 3 heterocycles. The molecular weight excluding hydrogens is 314 g/mol. The monoisotopic (exact) mass is 325 g/mol. The topological polar surface area (TPSA) is 109 Å². The van der Waals surface area contributed by atoms with Gasteiger partial charge in [-0.25, -0.2) is 4.98 Å². The molecule has 0 aromatic carbocycles. The zero-order valence-electron chi connectivity index (χ0n) is 11.0. The maximum absolute atomic E-state index is 12.0. The van der Waals surface area contributed by atoms with Crippen molar-refractivity contribution in [2.24, 2.45) is 5.73 Å². The molecule has 1 amide bonds. The van der Waals surface area contributed by atoms with Crippen LogP contribution in [0.25, 0.3) is 4.96 Å². The lowest BCUT2D eigenvalue weighted by Crippen LogP contribution is -2.21. The van der Waals surface area contributed by atoms with Gasteiger partial charge in [0.1, 0.15) is 0 Å². The number of aromatic nitrogens is 4. The van der Waals surface area contributed by atoms with Crippen molar-refractivity contribution in [2.75, 3.05) is 0 Å². The Labute approximate surface area is 127 Å². The van der Waals surface area contributed by atoms with Crippen LogP contribution in [0.2, 0.25) is 5.15 Å². The van der Waals surface area contributed by atoms with Gasteiger partial charge in [-0.3, -0.25) is 19.1 Å². The number of carbonyl (C=O) groups excluding carboxylic acids is 1. The van der Waals surface area contributed by atoms with Crippen molar-refractivity contribution in [1.82, 2.24) is 19.6 Å². The average molecular weight is 326 g/mol. The molecule has 110 valence electrons. The van der Waals surface area contributed by atoms with Crippen LogP contribution in [0.4, 0.5) is 0 Å². The van der Waals surface area contributed by atoms with Gasteiger partial charge >= 0.3 is 0 Å². The first kappa shape index (κ1) is 13.9. The maximum Gasteiger partial charge on any atom is 0.268 e. The number of fused-ring (bicyclic) bond motifs is 1. The van der Waals surface area contributed by atoms with Crippen LogP contribution in [0.5, 0.6) is 0 Å². The van der Waals surface area contributed by atoms with E-state index in [4.69, 9.17) is 17.3 Å². The summed E-state index contributed by atoms with van der Waals surface area (Å²) in [6.45, 7) is 1.75. The molecule has 0 fully saturated rings. The number of hydrogen-bond acceptors (Lipinski definition) is 4. The molecule has 4 N–H and O–H groups in total. The second kappa shape index (κ2) is 5.05. The van der Waals surface area contributed by atoms with E-state index in [0.717, 1.165) is 0 Å². The number of nitrogens with two attached hydrogens (primary N) is 1. The number of hydrogen-bond donors (Lipinski definition) is 3. The van der Waals surface area contributed by atoms with Gasteiger partial charge in [-0.05, 0) is 6.92 Å². The Morgan fingerprint density at radius 1 is 1.57 bits per heavy atom. The summed E-state index contributed by atoms with van der Waals surface area (Å²) in [5.41, 5.74) is 6.74. The number of aryl methyl sites for hydroxylation is 1. The van der Waals surface area contributed by atoms with Gasteiger partial charge in [-0.15, -0.1) is 11.3 Å². The minimum atomic E-state index is -0.547. The molecule has 3 aromatic rings. The summed E-state index contributed by atoms with van der Waals surface area (Å²) in [5, 5.41) is 7.40. The molecule has 0 aliphatic carbocycles. The lowest BCUT2D eigenvalue weighted by Gasteiger charge is -2.14. The predicted octanol–water partition coefficient (Wildman–Crippen LogP) is 1.38. The molecule has 0 radical (unpaired) electrons. The number of thiazole rings is 1. The van der Waals surface area contributed by atoms with Crippen LogP contribution in [0, 0.1) is 6.92 Å². The van der Waals surface area contributed by atoms with E-state index in [1.165, 1.54) is 11.3 Å². The van der Waals surface area contributed by atoms with Crippen LogP contribution < -0.4 is 11.3 Å². The highest BCUT2D eigenvalue weighted by atomic mass is 35.5. The molecule has 1 unspecified atom stereocenters. The van der Waals surface area contributed by atoms with Crippen LogP contribution >= 0.6 is 22.9 Å². The highest BCUT2D eigenvalue weighted by Crippen LogP contribution is 2.34. The molecule has 3 aromatic heterocycles. The minimum absolute atomic E-state index is 0.0227. The number of aromatic amines is 2. The Hall–Kier alpha value is -2.06. The van der Waals surface area contributed by atoms with E-state index in [9.17, 15) is 9.59 Å². The summed E-state index contributed by atoms with van der Waals surface area (Å²) in [4.78, 5) is 28.4. The highest BCUT2D eigenvalue weighted by molar-refractivity contribution is 7.15.